The number of nitrogens with one attached hydrogen (secondary N) is 1. The Bertz CT molecular complexity index is 802. The van der Waals surface area contributed by atoms with Crippen LogP contribution in [0.25, 0.3) is 0 Å². The number of carbonyl (C=O) groups is 1. The summed E-state index contributed by atoms with van der Waals surface area (Å²) in [7, 11) is 0. The number of carbonyl (C=O) groups excluding carboxylic acids is 1. The van der Waals surface area contributed by atoms with Crippen LogP contribution in [0.2, 0.25) is 0 Å². The van der Waals surface area contributed by atoms with Crippen molar-refractivity contribution in [1.82, 2.24) is 14.9 Å². The Morgan fingerprint density at radius 1 is 1.12 bits per heavy atom. The molecule has 0 aliphatic heterocycles. The van der Waals surface area contributed by atoms with Gasteiger partial charge in [0.05, 0.1) is 18.4 Å². The van der Waals surface area contributed by atoms with E-state index in [0.717, 1.165) is 18.7 Å². The molecule has 1 N–H and O–H groups in total. The summed E-state index contributed by atoms with van der Waals surface area (Å²) in [6, 6.07) is 13.8. The van der Waals surface area contributed by atoms with E-state index in [1.807, 2.05) is 37.3 Å². The molecule has 0 aliphatic carbocycles. The van der Waals surface area contributed by atoms with E-state index in [1.165, 1.54) is 5.56 Å². The molecule has 0 saturated heterocycles. The predicted octanol–water partition coefficient (Wildman–Crippen LogP) is 3.39. The first-order valence-corrected chi connectivity index (χ1v) is 8.67. The summed E-state index contributed by atoms with van der Waals surface area (Å²) in [4.78, 5) is 23.1. The second kappa shape index (κ2) is 8.80. The molecule has 134 valence electrons. The third-order valence-electron chi connectivity index (χ3n) is 3.96. The fourth-order valence-electron chi connectivity index (χ4n) is 2.62. The molecule has 6 heteroatoms. The first kappa shape index (κ1) is 17.7. The van der Waals surface area contributed by atoms with Crippen LogP contribution in [0.4, 0.5) is 5.95 Å². The van der Waals surface area contributed by atoms with Crippen LogP contribution in [-0.4, -0.2) is 33.9 Å². The summed E-state index contributed by atoms with van der Waals surface area (Å²) in [5.41, 5.74) is 1.65. The maximum absolute atomic E-state index is 12.9. The lowest BCUT2D eigenvalue weighted by Gasteiger charge is -2.21. The standard InChI is InChI=1S/C20H22N4O2/c1-2-21-20-22-13-17(14-23-20)19(25)24(15-18-9-6-12-26-18)11-10-16-7-4-3-5-8-16/h3-9,12-14H,2,10-11,15H2,1H3,(H,21,22,23). The van der Waals surface area contributed by atoms with Gasteiger partial charge in [0.1, 0.15) is 5.76 Å². The van der Waals surface area contributed by atoms with E-state index in [-0.39, 0.29) is 5.91 Å². The van der Waals surface area contributed by atoms with Gasteiger partial charge in [-0.05, 0) is 31.0 Å². The van der Waals surface area contributed by atoms with Gasteiger partial charge in [-0.15, -0.1) is 0 Å². The van der Waals surface area contributed by atoms with Crippen LogP contribution in [-0.2, 0) is 13.0 Å². The number of hydrogen-bond acceptors (Lipinski definition) is 5. The lowest BCUT2D eigenvalue weighted by molar-refractivity contribution is 0.0732. The van der Waals surface area contributed by atoms with Gasteiger partial charge in [0.15, 0.2) is 0 Å². The van der Waals surface area contributed by atoms with Gasteiger partial charge in [0.25, 0.3) is 5.91 Å². The molecule has 2 aromatic heterocycles. The van der Waals surface area contributed by atoms with Gasteiger partial charge in [-0.25, -0.2) is 9.97 Å². The van der Waals surface area contributed by atoms with Gasteiger partial charge in [-0.1, -0.05) is 30.3 Å². The Kier molecular flexibility index (Phi) is 5.98. The minimum Gasteiger partial charge on any atom is -0.467 e. The lowest BCUT2D eigenvalue weighted by Crippen LogP contribution is -2.32. The summed E-state index contributed by atoms with van der Waals surface area (Å²) in [6.45, 7) is 3.69. The van der Waals surface area contributed by atoms with Crippen LogP contribution in [0.5, 0.6) is 0 Å². The number of benzene rings is 1. The maximum atomic E-state index is 12.9. The van der Waals surface area contributed by atoms with Crippen LogP contribution in [0.3, 0.4) is 0 Å². The molecule has 2 heterocycles. The molecule has 0 spiro atoms. The minimum atomic E-state index is -0.111. The van der Waals surface area contributed by atoms with Gasteiger partial charge in [-0.3, -0.25) is 4.79 Å². The highest BCUT2D eigenvalue weighted by atomic mass is 16.3. The van der Waals surface area contributed by atoms with Gasteiger partial charge in [0.2, 0.25) is 5.95 Å². The molecule has 0 radical (unpaired) electrons. The zero-order valence-electron chi connectivity index (χ0n) is 14.8. The van der Waals surface area contributed by atoms with E-state index in [2.05, 4.69) is 27.4 Å². The van der Waals surface area contributed by atoms with E-state index in [9.17, 15) is 4.79 Å². The number of nitrogens with zero attached hydrogens (tertiary/aromatic N) is 3. The number of amides is 1. The second-order valence-electron chi connectivity index (χ2n) is 5.87. The van der Waals surface area contributed by atoms with Crippen LogP contribution in [0, 0.1) is 0 Å². The van der Waals surface area contributed by atoms with Crippen molar-refractivity contribution in [3.05, 3.63) is 78.0 Å². The molecule has 3 aromatic rings. The summed E-state index contributed by atoms with van der Waals surface area (Å²) >= 11 is 0. The Morgan fingerprint density at radius 3 is 2.54 bits per heavy atom. The number of aromatic nitrogens is 2. The number of furan rings is 1. The quantitative estimate of drug-likeness (QED) is 0.674. The van der Waals surface area contributed by atoms with Crippen molar-refractivity contribution < 1.29 is 9.21 Å². The fraction of sp³-hybridized carbons (Fsp3) is 0.250. The van der Waals surface area contributed by atoms with Crippen molar-refractivity contribution in [2.45, 2.75) is 19.9 Å². The molecule has 6 nitrogen and oxygen atoms in total. The third kappa shape index (κ3) is 4.69. The zero-order valence-corrected chi connectivity index (χ0v) is 14.8. The molecule has 26 heavy (non-hydrogen) atoms. The molecular weight excluding hydrogens is 328 g/mol. The smallest absolute Gasteiger partial charge is 0.257 e. The van der Waals surface area contributed by atoms with Gasteiger partial charge >= 0.3 is 0 Å². The van der Waals surface area contributed by atoms with E-state index in [4.69, 9.17) is 4.42 Å². The molecule has 1 amide bonds. The van der Waals surface area contributed by atoms with Crippen molar-refractivity contribution in [2.75, 3.05) is 18.4 Å². The third-order valence-corrected chi connectivity index (χ3v) is 3.96. The van der Waals surface area contributed by atoms with Crippen LogP contribution >= 0.6 is 0 Å². The molecule has 0 saturated carbocycles. The number of rotatable bonds is 8. The van der Waals surface area contributed by atoms with Crippen molar-refractivity contribution in [2.24, 2.45) is 0 Å². The van der Waals surface area contributed by atoms with Gasteiger partial charge in [0, 0.05) is 25.5 Å². The summed E-state index contributed by atoms with van der Waals surface area (Å²) in [6.07, 6.45) is 5.50. The average molecular weight is 350 g/mol. The van der Waals surface area contributed by atoms with Gasteiger partial charge < -0.3 is 14.6 Å². The van der Waals surface area contributed by atoms with E-state index in [1.54, 1.807) is 23.6 Å². The lowest BCUT2D eigenvalue weighted by atomic mass is 10.1. The number of hydrogen-bond donors (Lipinski definition) is 1. The molecule has 0 unspecified atom stereocenters. The van der Waals surface area contributed by atoms with Crippen molar-refractivity contribution >= 4 is 11.9 Å². The number of anilines is 1. The van der Waals surface area contributed by atoms with E-state index in [0.29, 0.717) is 24.6 Å². The molecule has 3 rings (SSSR count). The maximum Gasteiger partial charge on any atom is 0.257 e. The van der Waals surface area contributed by atoms with Crippen LogP contribution < -0.4 is 5.32 Å². The minimum absolute atomic E-state index is 0.111. The van der Waals surface area contributed by atoms with Gasteiger partial charge in [-0.2, -0.15) is 0 Å². The van der Waals surface area contributed by atoms with E-state index < -0.39 is 0 Å². The monoisotopic (exact) mass is 350 g/mol. The molecule has 0 fully saturated rings. The summed E-state index contributed by atoms with van der Waals surface area (Å²) in [5.74, 6) is 1.16. The first-order chi connectivity index (χ1) is 12.8. The Labute approximate surface area is 152 Å². The van der Waals surface area contributed by atoms with E-state index >= 15 is 0 Å². The Balaban J connectivity index is 1.73. The SMILES string of the molecule is CCNc1ncc(C(=O)N(CCc2ccccc2)Cc2ccco2)cn1. The first-order valence-electron chi connectivity index (χ1n) is 8.67. The topological polar surface area (TPSA) is 71.3 Å². The summed E-state index contributed by atoms with van der Waals surface area (Å²) < 4.78 is 5.42. The molecular formula is C20H22N4O2. The highest BCUT2D eigenvalue weighted by Gasteiger charge is 2.18. The van der Waals surface area contributed by atoms with Crippen molar-refractivity contribution in [3.8, 4) is 0 Å². The molecule has 0 aliphatic rings. The Hall–Kier alpha value is -3.15. The van der Waals surface area contributed by atoms with Crippen LogP contribution in [0.15, 0.2) is 65.5 Å². The normalized spacial score (nSPS) is 10.5. The molecule has 0 atom stereocenters. The summed E-state index contributed by atoms with van der Waals surface area (Å²) in [5, 5.41) is 3.02. The van der Waals surface area contributed by atoms with Crippen molar-refractivity contribution in [1.29, 1.82) is 0 Å². The average Bonchev–Trinajstić information content (AvgIpc) is 3.19. The second-order valence-corrected chi connectivity index (χ2v) is 5.87. The highest BCUT2D eigenvalue weighted by Crippen LogP contribution is 2.12. The molecule has 1 aromatic carbocycles. The van der Waals surface area contributed by atoms with Crippen LogP contribution in [0.1, 0.15) is 28.6 Å². The fourth-order valence-corrected chi connectivity index (χ4v) is 2.62. The predicted molar refractivity (Wildman–Crippen MR) is 99.8 cm³/mol. The Morgan fingerprint density at radius 2 is 1.88 bits per heavy atom. The zero-order chi connectivity index (χ0) is 18.2. The van der Waals surface area contributed by atoms with Crippen molar-refractivity contribution in [3.63, 3.8) is 0 Å². The molecule has 0 bridgehead atoms. The largest absolute Gasteiger partial charge is 0.467 e. The highest BCUT2D eigenvalue weighted by molar-refractivity contribution is 5.93.